The highest BCUT2D eigenvalue weighted by Crippen LogP contribution is 2.75. The van der Waals surface area contributed by atoms with Gasteiger partial charge in [-0.2, -0.15) is 0 Å². The molecule has 0 radical (unpaired) electrons. The van der Waals surface area contributed by atoms with Gasteiger partial charge in [0.15, 0.2) is 0 Å². The first-order chi connectivity index (χ1) is 24.0. The van der Waals surface area contributed by atoms with Crippen LogP contribution in [0.4, 0.5) is 0 Å². The number of allylic oxidation sites excluding steroid dienone is 2. The van der Waals surface area contributed by atoms with Crippen LogP contribution >= 0.6 is 0 Å². The van der Waals surface area contributed by atoms with Crippen LogP contribution in [0.2, 0.25) is 0 Å². The Morgan fingerprint density at radius 1 is 0.902 bits per heavy atom. The molecular weight excluding hydrogens is 646 g/mol. The highest BCUT2D eigenvalue weighted by molar-refractivity contribution is 5.86. The molecule has 0 bridgehead atoms. The number of Topliss-reactive ketones (excluding diaryl/α,β-unsaturated/α-hetero) is 1. The van der Waals surface area contributed by atoms with Crippen LogP contribution in [0.15, 0.2) is 42.0 Å². The van der Waals surface area contributed by atoms with E-state index in [9.17, 15) is 24.5 Å². The molecule has 5 aliphatic carbocycles. The fourth-order valence-electron chi connectivity index (χ4n) is 12.1. The first-order valence-electron chi connectivity index (χ1n) is 19.4. The number of fused-ring (bicyclic) bond motifs is 7. The molecule has 4 saturated carbocycles. The van der Waals surface area contributed by atoms with Gasteiger partial charge in [0.25, 0.3) is 5.09 Å². The molecular formula is C42H59NO8. The summed E-state index contributed by atoms with van der Waals surface area (Å²) in [6.45, 7) is 14.5. The summed E-state index contributed by atoms with van der Waals surface area (Å²) in [5.74, 6) is 0.373. The first-order valence-corrected chi connectivity index (χ1v) is 19.4. The number of esters is 2. The monoisotopic (exact) mass is 705 g/mol. The number of unbranched alkanes of at least 4 members (excludes halogenated alkanes) is 1. The van der Waals surface area contributed by atoms with Crippen LogP contribution in [0.5, 0.6) is 0 Å². The van der Waals surface area contributed by atoms with Crippen LogP contribution < -0.4 is 0 Å². The lowest BCUT2D eigenvalue weighted by atomic mass is 9.33. The highest BCUT2D eigenvalue weighted by Gasteiger charge is 2.70. The van der Waals surface area contributed by atoms with E-state index in [0.717, 1.165) is 63.4 Å². The zero-order valence-corrected chi connectivity index (χ0v) is 31.7. The number of carbonyl (C=O) groups is 3. The van der Waals surface area contributed by atoms with Crippen molar-refractivity contribution in [3.05, 3.63) is 57.7 Å². The average molecular weight is 706 g/mol. The van der Waals surface area contributed by atoms with Crippen LogP contribution in [0, 0.1) is 60.4 Å². The van der Waals surface area contributed by atoms with Gasteiger partial charge in [-0.15, -0.1) is 10.1 Å². The Morgan fingerprint density at radius 3 is 2.35 bits per heavy atom. The van der Waals surface area contributed by atoms with Crippen molar-refractivity contribution in [2.45, 2.75) is 132 Å². The van der Waals surface area contributed by atoms with E-state index in [-0.39, 0.29) is 70.9 Å². The van der Waals surface area contributed by atoms with Crippen LogP contribution in [-0.2, 0) is 35.3 Å². The van der Waals surface area contributed by atoms with Crippen molar-refractivity contribution in [2.24, 2.45) is 50.2 Å². The third kappa shape index (κ3) is 6.43. The van der Waals surface area contributed by atoms with Gasteiger partial charge in [0.05, 0.1) is 17.4 Å². The maximum atomic E-state index is 14.3. The summed E-state index contributed by atoms with van der Waals surface area (Å²) < 4.78 is 12.0. The largest absolute Gasteiger partial charge is 0.465 e. The van der Waals surface area contributed by atoms with Crippen molar-refractivity contribution in [2.75, 3.05) is 13.2 Å². The molecule has 8 atom stereocenters. The number of hydrogen-bond donors (Lipinski definition) is 0. The fourth-order valence-corrected chi connectivity index (χ4v) is 12.1. The van der Waals surface area contributed by atoms with E-state index in [2.05, 4.69) is 45.5 Å². The molecule has 0 saturated heterocycles. The summed E-state index contributed by atoms with van der Waals surface area (Å²) in [6.07, 6.45) is 12.2. The Kier molecular flexibility index (Phi) is 10.0. The zero-order valence-electron chi connectivity index (χ0n) is 31.7. The lowest BCUT2D eigenvalue weighted by Gasteiger charge is -2.70. The second-order valence-electron chi connectivity index (χ2n) is 18.4. The third-order valence-corrected chi connectivity index (χ3v) is 15.3. The van der Waals surface area contributed by atoms with Crippen LogP contribution in [0.3, 0.4) is 0 Å². The summed E-state index contributed by atoms with van der Waals surface area (Å²) in [7, 11) is 0. The van der Waals surface area contributed by atoms with Crippen LogP contribution in [0.1, 0.15) is 131 Å². The lowest BCUT2D eigenvalue weighted by Crippen LogP contribution is -2.65. The topological polar surface area (TPSA) is 122 Å². The van der Waals surface area contributed by atoms with Crippen molar-refractivity contribution < 1.29 is 33.8 Å². The van der Waals surface area contributed by atoms with Crippen LogP contribution in [0.25, 0.3) is 0 Å². The van der Waals surface area contributed by atoms with Gasteiger partial charge in [-0.1, -0.05) is 76.6 Å². The van der Waals surface area contributed by atoms with Crippen molar-refractivity contribution >= 4 is 17.7 Å². The predicted octanol–water partition coefficient (Wildman–Crippen LogP) is 9.00. The Bertz CT molecular complexity index is 1550. The molecule has 51 heavy (non-hydrogen) atoms. The SMILES string of the molecule is CC1(C)CC[C@]2(C(=O)OCc3ccccc3)CC[C@]3(C)C(=CC[C@@H]4[C@@]5(C)CCC(=O)[C@@](C)(COC(=O)CCCCO[N+](=O)[O-])[C@@H]5CC[C@]43C)[C@@H]2C1. The summed E-state index contributed by atoms with van der Waals surface area (Å²) in [5, 5.41) is 9.57. The maximum Gasteiger partial charge on any atom is 0.313 e. The van der Waals surface area contributed by atoms with E-state index in [4.69, 9.17) is 9.47 Å². The van der Waals surface area contributed by atoms with Gasteiger partial charge in [-0.05, 0) is 123 Å². The molecule has 9 nitrogen and oxygen atoms in total. The number of carbonyl (C=O) groups excluding carboxylic acids is 3. The van der Waals surface area contributed by atoms with Gasteiger partial charge in [0.1, 0.15) is 19.0 Å². The lowest BCUT2D eigenvalue weighted by molar-refractivity contribution is -0.757. The molecule has 1 aromatic carbocycles. The molecule has 0 amide bonds. The van der Waals surface area contributed by atoms with Crippen molar-refractivity contribution in [1.29, 1.82) is 0 Å². The minimum atomic E-state index is -0.828. The van der Waals surface area contributed by atoms with E-state index >= 15 is 0 Å². The minimum absolute atomic E-state index is 0.00612. The minimum Gasteiger partial charge on any atom is -0.465 e. The predicted molar refractivity (Wildman–Crippen MR) is 192 cm³/mol. The molecule has 0 N–H and O–H groups in total. The quantitative estimate of drug-likeness (QED) is 0.0735. The summed E-state index contributed by atoms with van der Waals surface area (Å²) in [5.41, 5.74) is 1.18. The normalized spacial score (nSPS) is 38.1. The number of nitrogens with zero attached hydrogens (tertiary/aromatic N) is 1. The zero-order chi connectivity index (χ0) is 36.9. The first kappa shape index (κ1) is 37.5. The van der Waals surface area contributed by atoms with Crippen molar-refractivity contribution in [3.8, 4) is 0 Å². The molecule has 280 valence electrons. The molecule has 5 aliphatic rings. The van der Waals surface area contributed by atoms with Gasteiger partial charge in [0.2, 0.25) is 0 Å². The molecule has 0 heterocycles. The average Bonchev–Trinajstić information content (AvgIpc) is 3.08. The van der Waals surface area contributed by atoms with Crippen molar-refractivity contribution in [3.63, 3.8) is 0 Å². The molecule has 0 aliphatic heterocycles. The number of ether oxygens (including phenoxy) is 2. The maximum absolute atomic E-state index is 14.3. The number of hydrogen-bond acceptors (Lipinski definition) is 8. The van der Waals surface area contributed by atoms with Gasteiger partial charge in [-0.3, -0.25) is 14.4 Å². The van der Waals surface area contributed by atoms with E-state index in [0.29, 0.717) is 31.8 Å². The Hall–Kier alpha value is -3.23. The fraction of sp³-hybridized carbons (Fsp3) is 0.738. The molecule has 6 rings (SSSR count). The van der Waals surface area contributed by atoms with E-state index < -0.39 is 15.9 Å². The molecule has 0 spiro atoms. The van der Waals surface area contributed by atoms with E-state index in [1.807, 2.05) is 37.3 Å². The van der Waals surface area contributed by atoms with Crippen LogP contribution in [-0.4, -0.2) is 36.0 Å². The highest BCUT2D eigenvalue weighted by atomic mass is 16.9. The summed E-state index contributed by atoms with van der Waals surface area (Å²) >= 11 is 0. The standard InChI is InChI=1S/C42H59NO8/c1-37(2)21-23-42(36(46)49-27-29-12-8-7-9-13-29)24-22-40(5)30(31(42)26-37)15-16-33-38(3)19-18-34(44)39(4,32(38)17-20-41(33,40)6)28-50-35(45)14-10-11-25-51-43(47)48/h7-9,12-13,15,31-33H,10-11,14,16-28H2,1-6H3/t31-,32+,33+,38-,39-,40+,41+,42-/m0/s1. The summed E-state index contributed by atoms with van der Waals surface area (Å²) in [4.78, 5) is 55.5. The molecule has 0 unspecified atom stereocenters. The summed E-state index contributed by atoms with van der Waals surface area (Å²) in [6, 6.07) is 9.98. The molecule has 0 aromatic heterocycles. The molecule has 1 aromatic rings. The second kappa shape index (κ2) is 13.6. The molecule has 9 heteroatoms. The Labute approximate surface area is 303 Å². The van der Waals surface area contributed by atoms with Gasteiger partial charge in [0, 0.05) is 12.8 Å². The Balaban J connectivity index is 1.23. The van der Waals surface area contributed by atoms with Gasteiger partial charge >= 0.3 is 11.9 Å². The third-order valence-electron chi connectivity index (χ3n) is 15.3. The molecule has 4 fully saturated rings. The van der Waals surface area contributed by atoms with Crippen molar-refractivity contribution in [1.82, 2.24) is 0 Å². The number of benzene rings is 1. The number of ketones is 1. The second-order valence-corrected chi connectivity index (χ2v) is 18.4. The van der Waals surface area contributed by atoms with Gasteiger partial charge < -0.3 is 14.3 Å². The van der Waals surface area contributed by atoms with Gasteiger partial charge in [-0.25, -0.2) is 0 Å². The van der Waals surface area contributed by atoms with E-state index in [1.54, 1.807) is 0 Å². The van der Waals surface area contributed by atoms with E-state index in [1.165, 1.54) is 5.57 Å². The smallest absolute Gasteiger partial charge is 0.313 e. The number of rotatable bonds is 11. The Morgan fingerprint density at radius 2 is 1.63 bits per heavy atom.